The molecule has 1 aromatic carbocycles. The summed E-state index contributed by atoms with van der Waals surface area (Å²) >= 11 is 0. The van der Waals surface area contributed by atoms with Gasteiger partial charge in [-0.25, -0.2) is 4.39 Å². The van der Waals surface area contributed by atoms with Crippen molar-refractivity contribution in [2.24, 2.45) is 5.92 Å². The zero-order chi connectivity index (χ0) is 18.0. The van der Waals surface area contributed by atoms with Crippen LogP contribution in [0, 0.1) is 25.6 Å². The number of aryl methyl sites for hydroxylation is 1. The van der Waals surface area contributed by atoms with Gasteiger partial charge in [-0.3, -0.25) is 9.59 Å². The molecule has 1 heterocycles. The standard InChI is InChI=1S/C18H21FN2O3/c1-10-9-16(17(22)20-12(3)11(2)18(23)24)13(4)21(10)15-7-5-14(19)6-8-15/h5-9,11-12H,1-4H3,(H,20,22)(H,23,24). The van der Waals surface area contributed by atoms with Gasteiger partial charge < -0.3 is 15.0 Å². The number of hydrogen-bond acceptors (Lipinski definition) is 2. The summed E-state index contributed by atoms with van der Waals surface area (Å²) in [6.07, 6.45) is 0. The first-order valence-electron chi connectivity index (χ1n) is 7.71. The number of carbonyl (C=O) groups excluding carboxylic acids is 1. The van der Waals surface area contributed by atoms with Crippen LogP contribution in [-0.2, 0) is 4.79 Å². The Morgan fingerprint density at radius 2 is 1.75 bits per heavy atom. The topological polar surface area (TPSA) is 71.3 Å². The minimum atomic E-state index is -0.959. The van der Waals surface area contributed by atoms with Gasteiger partial charge in [0.15, 0.2) is 0 Å². The highest BCUT2D eigenvalue weighted by atomic mass is 19.1. The van der Waals surface area contributed by atoms with Crippen molar-refractivity contribution < 1.29 is 19.1 Å². The molecule has 128 valence electrons. The number of aliphatic carboxylic acids is 1. The van der Waals surface area contributed by atoms with Crippen molar-refractivity contribution in [2.75, 3.05) is 0 Å². The zero-order valence-electron chi connectivity index (χ0n) is 14.1. The number of carboxylic acid groups (broad SMARTS) is 1. The molecule has 6 heteroatoms. The summed E-state index contributed by atoms with van der Waals surface area (Å²) in [6, 6.07) is 7.27. The van der Waals surface area contributed by atoms with E-state index in [9.17, 15) is 14.0 Å². The minimum absolute atomic E-state index is 0.322. The molecule has 0 saturated carbocycles. The summed E-state index contributed by atoms with van der Waals surface area (Å²) in [5, 5.41) is 11.7. The first kappa shape index (κ1) is 17.7. The van der Waals surface area contributed by atoms with Crippen LogP contribution in [0.2, 0.25) is 0 Å². The van der Waals surface area contributed by atoms with E-state index < -0.39 is 17.9 Å². The fourth-order valence-corrected chi connectivity index (χ4v) is 2.60. The smallest absolute Gasteiger partial charge is 0.308 e. The maximum atomic E-state index is 13.1. The molecule has 0 bridgehead atoms. The lowest BCUT2D eigenvalue weighted by Crippen LogP contribution is -2.40. The van der Waals surface area contributed by atoms with E-state index in [0.717, 1.165) is 11.4 Å². The molecular formula is C18H21FN2O3. The first-order chi connectivity index (χ1) is 11.2. The van der Waals surface area contributed by atoms with E-state index in [0.29, 0.717) is 11.3 Å². The summed E-state index contributed by atoms with van der Waals surface area (Å²) in [5.41, 5.74) is 2.79. The molecule has 1 amide bonds. The number of nitrogens with one attached hydrogen (secondary N) is 1. The van der Waals surface area contributed by atoms with Gasteiger partial charge >= 0.3 is 5.97 Å². The van der Waals surface area contributed by atoms with Crippen LogP contribution in [0.5, 0.6) is 0 Å². The molecule has 2 rings (SSSR count). The van der Waals surface area contributed by atoms with E-state index in [1.54, 1.807) is 39.0 Å². The van der Waals surface area contributed by atoms with Gasteiger partial charge in [0.05, 0.1) is 11.5 Å². The lowest BCUT2D eigenvalue weighted by Gasteiger charge is -2.17. The molecule has 1 aromatic heterocycles. The second-order valence-electron chi connectivity index (χ2n) is 5.99. The monoisotopic (exact) mass is 332 g/mol. The molecule has 2 N–H and O–H groups in total. The Hall–Kier alpha value is -2.63. The summed E-state index contributed by atoms with van der Waals surface area (Å²) < 4.78 is 15.0. The second-order valence-corrected chi connectivity index (χ2v) is 5.99. The number of benzene rings is 1. The van der Waals surface area contributed by atoms with Crippen LogP contribution in [0.4, 0.5) is 4.39 Å². The van der Waals surface area contributed by atoms with Gasteiger partial charge in [0.1, 0.15) is 5.82 Å². The number of hydrogen-bond donors (Lipinski definition) is 2. The molecule has 0 aliphatic rings. The third-order valence-corrected chi connectivity index (χ3v) is 4.26. The molecule has 0 fully saturated rings. The lowest BCUT2D eigenvalue weighted by atomic mass is 10.0. The molecule has 0 saturated heterocycles. The van der Waals surface area contributed by atoms with E-state index in [1.165, 1.54) is 12.1 Å². The van der Waals surface area contributed by atoms with Gasteiger partial charge in [-0.15, -0.1) is 0 Å². The van der Waals surface area contributed by atoms with Gasteiger partial charge in [-0.2, -0.15) is 0 Å². The highest BCUT2D eigenvalue weighted by Crippen LogP contribution is 2.21. The van der Waals surface area contributed by atoms with Crippen LogP contribution in [-0.4, -0.2) is 27.6 Å². The fourth-order valence-electron chi connectivity index (χ4n) is 2.60. The molecule has 0 aliphatic carbocycles. The number of carbonyl (C=O) groups is 2. The number of aromatic nitrogens is 1. The molecule has 0 radical (unpaired) electrons. The Labute approximate surface area is 140 Å². The van der Waals surface area contributed by atoms with Crippen LogP contribution in [0.15, 0.2) is 30.3 Å². The van der Waals surface area contributed by atoms with E-state index >= 15 is 0 Å². The molecular weight excluding hydrogens is 311 g/mol. The summed E-state index contributed by atoms with van der Waals surface area (Å²) in [6.45, 7) is 6.87. The van der Waals surface area contributed by atoms with Crippen LogP contribution in [0.1, 0.15) is 35.6 Å². The normalized spacial score (nSPS) is 13.4. The Morgan fingerprint density at radius 3 is 2.29 bits per heavy atom. The summed E-state index contributed by atoms with van der Waals surface area (Å²) in [4.78, 5) is 23.5. The van der Waals surface area contributed by atoms with Crippen molar-refractivity contribution in [1.29, 1.82) is 0 Å². The van der Waals surface area contributed by atoms with E-state index in [-0.39, 0.29) is 11.7 Å². The third kappa shape index (κ3) is 3.48. The van der Waals surface area contributed by atoms with Crippen molar-refractivity contribution in [3.63, 3.8) is 0 Å². The van der Waals surface area contributed by atoms with Crippen molar-refractivity contribution in [1.82, 2.24) is 9.88 Å². The van der Waals surface area contributed by atoms with Crippen molar-refractivity contribution >= 4 is 11.9 Å². The number of halogens is 1. The van der Waals surface area contributed by atoms with Gasteiger partial charge in [0, 0.05) is 23.1 Å². The van der Waals surface area contributed by atoms with E-state index in [2.05, 4.69) is 5.32 Å². The molecule has 24 heavy (non-hydrogen) atoms. The number of rotatable bonds is 5. The van der Waals surface area contributed by atoms with Gasteiger partial charge in [0.2, 0.25) is 0 Å². The highest BCUT2D eigenvalue weighted by molar-refractivity contribution is 5.96. The number of amides is 1. The van der Waals surface area contributed by atoms with Crippen LogP contribution in [0.3, 0.4) is 0 Å². The number of nitrogens with zero attached hydrogens (tertiary/aromatic N) is 1. The van der Waals surface area contributed by atoms with E-state index in [1.807, 2.05) is 11.5 Å². The Kier molecular flexibility index (Phi) is 5.07. The maximum Gasteiger partial charge on any atom is 0.308 e. The fraction of sp³-hybridized carbons (Fsp3) is 0.333. The minimum Gasteiger partial charge on any atom is -0.481 e. The Morgan fingerprint density at radius 1 is 1.17 bits per heavy atom. The highest BCUT2D eigenvalue weighted by Gasteiger charge is 2.23. The second kappa shape index (κ2) is 6.86. The van der Waals surface area contributed by atoms with Gasteiger partial charge in [-0.1, -0.05) is 0 Å². The lowest BCUT2D eigenvalue weighted by molar-refractivity contribution is -0.141. The molecule has 0 aliphatic heterocycles. The quantitative estimate of drug-likeness (QED) is 0.884. The molecule has 2 aromatic rings. The molecule has 5 nitrogen and oxygen atoms in total. The SMILES string of the molecule is Cc1cc(C(=O)NC(C)C(C)C(=O)O)c(C)n1-c1ccc(F)cc1. The van der Waals surface area contributed by atoms with Gasteiger partial charge in [-0.05, 0) is 58.0 Å². The Bertz CT molecular complexity index is 765. The molecule has 0 spiro atoms. The van der Waals surface area contributed by atoms with Crippen molar-refractivity contribution in [2.45, 2.75) is 33.7 Å². The van der Waals surface area contributed by atoms with Crippen molar-refractivity contribution in [3.05, 3.63) is 53.1 Å². The van der Waals surface area contributed by atoms with E-state index in [4.69, 9.17) is 5.11 Å². The number of carboxylic acids is 1. The third-order valence-electron chi connectivity index (χ3n) is 4.26. The van der Waals surface area contributed by atoms with Crippen molar-refractivity contribution in [3.8, 4) is 5.69 Å². The maximum absolute atomic E-state index is 13.1. The van der Waals surface area contributed by atoms with Crippen LogP contribution >= 0.6 is 0 Å². The first-order valence-corrected chi connectivity index (χ1v) is 7.71. The molecule has 2 atom stereocenters. The molecule has 2 unspecified atom stereocenters. The Balaban J connectivity index is 2.29. The average molecular weight is 332 g/mol. The summed E-state index contributed by atoms with van der Waals surface area (Å²) in [5.74, 6) is -2.29. The summed E-state index contributed by atoms with van der Waals surface area (Å²) in [7, 11) is 0. The average Bonchev–Trinajstić information content (AvgIpc) is 2.82. The predicted molar refractivity (Wildman–Crippen MR) is 88.9 cm³/mol. The zero-order valence-corrected chi connectivity index (χ0v) is 14.1. The van der Waals surface area contributed by atoms with Gasteiger partial charge in [0.25, 0.3) is 5.91 Å². The predicted octanol–water partition coefficient (Wildman–Crippen LogP) is 3.07. The van der Waals surface area contributed by atoms with Crippen LogP contribution < -0.4 is 5.32 Å². The largest absolute Gasteiger partial charge is 0.481 e. The van der Waals surface area contributed by atoms with Crippen LogP contribution in [0.25, 0.3) is 5.69 Å².